The average Bonchev–Trinajstić information content (AvgIpc) is 3.15. The predicted octanol–water partition coefficient (Wildman–Crippen LogP) is 3.76. The summed E-state index contributed by atoms with van der Waals surface area (Å²) in [6, 6.07) is 14.7. The Balaban J connectivity index is 1.70. The zero-order chi connectivity index (χ0) is 19.1. The van der Waals surface area contributed by atoms with Gasteiger partial charge in [0, 0.05) is 30.0 Å². The molecule has 0 N–H and O–H groups in total. The number of morpholine rings is 1. The third-order valence-electron chi connectivity index (χ3n) is 5.07. The lowest BCUT2D eigenvalue weighted by atomic mass is 10.0. The molecule has 142 valence electrons. The monoisotopic (exact) mass is 395 g/mol. The number of amides is 1. The number of halogens is 1. The van der Waals surface area contributed by atoms with Crippen molar-refractivity contribution in [1.82, 2.24) is 14.7 Å². The molecule has 0 saturated carbocycles. The van der Waals surface area contributed by atoms with E-state index in [9.17, 15) is 9.18 Å². The minimum atomic E-state index is -0.241. The van der Waals surface area contributed by atoms with Crippen LogP contribution < -0.4 is 0 Å². The number of nitrogens with zero attached hydrogens (tertiary/aromatic N) is 3. The van der Waals surface area contributed by atoms with E-state index in [4.69, 9.17) is 9.84 Å². The normalized spacial score (nSPS) is 15.8. The number of para-hydroxylation sites is 1. The smallest absolute Gasteiger partial charge is 0.274 e. The molecule has 0 bridgehead atoms. The van der Waals surface area contributed by atoms with Crippen LogP contribution in [0.15, 0.2) is 53.4 Å². The lowest BCUT2D eigenvalue weighted by Gasteiger charge is -2.26. The van der Waals surface area contributed by atoms with E-state index in [2.05, 4.69) is 0 Å². The molecule has 2 aliphatic heterocycles. The molecule has 2 aromatic carbocycles. The van der Waals surface area contributed by atoms with Crippen molar-refractivity contribution in [1.29, 1.82) is 0 Å². The fourth-order valence-electron chi connectivity index (χ4n) is 3.69. The molecule has 3 heterocycles. The molecule has 0 radical (unpaired) electrons. The van der Waals surface area contributed by atoms with Crippen LogP contribution in [0.2, 0.25) is 0 Å². The molecule has 3 aromatic rings. The van der Waals surface area contributed by atoms with Crippen molar-refractivity contribution in [2.75, 3.05) is 26.3 Å². The van der Waals surface area contributed by atoms with Gasteiger partial charge in [0.25, 0.3) is 5.91 Å². The zero-order valence-corrected chi connectivity index (χ0v) is 15.9. The van der Waals surface area contributed by atoms with Crippen LogP contribution in [0.5, 0.6) is 0 Å². The zero-order valence-electron chi connectivity index (χ0n) is 15.1. The Labute approximate surface area is 166 Å². The van der Waals surface area contributed by atoms with E-state index in [1.807, 2.05) is 36.4 Å². The molecule has 2 aliphatic rings. The Kier molecular flexibility index (Phi) is 4.41. The summed E-state index contributed by atoms with van der Waals surface area (Å²) in [6.07, 6.45) is 0. The van der Waals surface area contributed by atoms with Gasteiger partial charge in [-0.15, -0.1) is 11.8 Å². The van der Waals surface area contributed by atoms with Gasteiger partial charge in [-0.3, -0.25) is 4.79 Å². The first kappa shape index (κ1) is 17.5. The van der Waals surface area contributed by atoms with Gasteiger partial charge in [-0.2, -0.15) is 5.10 Å². The molecule has 0 atom stereocenters. The molecule has 0 unspecified atom stereocenters. The summed E-state index contributed by atoms with van der Waals surface area (Å²) >= 11 is 1.42. The van der Waals surface area contributed by atoms with Gasteiger partial charge < -0.3 is 9.64 Å². The Morgan fingerprint density at radius 3 is 2.64 bits per heavy atom. The molecule has 5 rings (SSSR count). The van der Waals surface area contributed by atoms with E-state index in [0.29, 0.717) is 42.6 Å². The molecule has 0 aliphatic carbocycles. The second-order valence-electron chi connectivity index (χ2n) is 6.73. The van der Waals surface area contributed by atoms with Gasteiger partial charge in [0.1, 0.15) is 5.82 Å². The van der Waals surface area contributed by atoms with Crippen molar-refractivity contribution in [2.45, 2.75) is 10.6 Å². The van der Waals surface area contributed by atoms with E-state index in [0.717, 1.165) is 22.5 Å². The predicted molar refractivity (Wildman–Crippen MR) is 105 cm³/mol. The number of hydrogen-bond donors (Lipinski definition) is 0. The SMILES string of the molecule is O=C(c1nn(-c2ccccc2)c2c1CSc1c(F)cccc1-2)N1CCOCC1. The lowest BCUT2D eigenvalue weighted by Crippen LogP contribution is -2.41. The first-order chi connectivity index (χ1) is 13.7. The molecule has 1 aromatic heterocycles. The number of thioether (sulfide) groups is 1. The van der Waals surface area contributed by atoms with Gasteiger partial charge in [-0.25, -0.2) is 9.07 Å². The summed E-state index contributed by atoms with van der Waals surface area (Å²) in [5.74, 6) is 0.186. The first-order valence-electron chi connectivity index (χ1n) is 9.20. The Morgan fingerprint density at radius 2 is 1.86 bits per heavy atom. The van der Waals surface area contributed by atoms with Crippen LogP contribution in [-0.4, -0.2) is 46.9 Å². The van der Waals surface area contributed by atoms with E-state index < -0.39 is 0 Å². The van der Waals surface area contributed by atoms with Crippen LogP contribution in [0.3, 0.4) is 0 Å². The maximum Gasteiger partial charge on any atom is 0.274 e. The van der Waals surface area contributed by atoms with E-state index in [1.165, 1.54) is 17.8 Å². The van der Waals surface area contributed by atoms with Crippen LogP contribution >= 0.6 is 11.8 Å². The second-order valence-corrected chi connectivity index (χ2v) is 7.72. The molecule has 28 heavy (non-hydrogen) atoms. The molecular weight excluding hydrogens is 377 g/mol. The second kappa shape index (κ2) is 7.07. The fraction of sp³-hybridized carbons (Fsp3) is 0.238. The van der Waals surface area contributed by atoms with Gasteiger partial charge in [0.15, 0.2) is 5.69 Å². The minimum absolute atomic E-state index is 0.0883. The minimum Gasteiger partial charge on any atom is -0.378 e. The van der Waals surface area contributed by atoms with Crippen molar-refractivity contribution in [3.8, 4) is 16.9 Å². The van der Waals surface area contributed by atoms with Crippen LogP contribution in [0.1, 0.15) is 16.1 Å². The third-order valence-corrected chi connectivity index (χ3v) is 6.20. The van der Waals surface area contributed by atoms with Gasteiger partial charge in [0.05, 0.1) is 29.5 Å². The topological polar surface area (TPSA) is 47.4 Å². The standard InChI is InChI=1S/C21H18FN3O2S/c22-17-8-4-7-15-19-16(13-28-20(15)17)18(21(26)24-9-11-27-12-10-24)23-25(19)14-5-2-1-3-6-14/h1-8H,9-13H2. The van der Waals surface area contributed by atoms with Gasteiger partial charge in [0.2, 0.25) is 0 Å². The number of rotatable bonds is 2. The molecule has 0 spiro atoms. The Bertz CT molecular complexity index is 1050. The van der Waals surface area contributed by atoms with Crippen molar-refractivity contribution in [3.63, 3.8) is 0 Å². The van der Waals surface area contributed by atoms with Crippen LogP contribution in [0, 0.1) is 5.82 Å². The van der Waals surface area contributed by atoms with Crippen molar-refractivity contribution < 1.29 is 13.9 Å². The first-order valence-corrected chi connectivity index (χ1v) is 10.2. The molecule has 1 saturated heterocycles. The number of hydrogen-bond acceptors (Lipinski definition) is 4. The summed E-state index contributed by atoms with van der Waals surface area (Å²) in [5, 5.41) is 4.71. The lowest BCUT2D eigenvalue weighted by molar-refractivity contribution is 0.0298. The van der Waals surface area contributed by atoms with Gasteiger partial charge >= 0.3 is 0 Å². The highest BCUT2D eigenvalue weighted by Crippen LogP contribution is 2.45. The number of benzene rings is 2. The summed E-state index contributed by atoms with van der Waals surface area (Å²) in [6.45, 7) is 2.20. The van der Waals surface area contributed by atoms with Crippen molar-refractivity contribution >= 4 is 17.7 Å². The third kappa shape index (κ3) is 2.82. The number of ether oxygens (including phenoxy) is 1. The fourth-order valence-corrected chi connectivity index (χ4v) is 4.78. The summed E-state index contributed by atoms with van der Waals surface area (Å²) in [4.78, 5) is 15.6. The highest BCUT2D eigenvalue weighted by molar-refractivity contribution is 7.98. The molecule has 1 fully saturated rings. The van der Waals surface area contributed by atoms with Crippen molar-refractivity contribution in [2.24, 2.45) is 0 Å². The van der Waals surface area contributed by atoms with Gasteiger partial charge in [-0.05, 0) is 18.2 Å². The highest BCUT2D eigenvalue weighted by atomic mass is 32.2. The maximum atomic E-state index is 14.4. The number of fused-ring (bicyclic) bond motifs is 3. The van der Waals surface area contributed by atoms with E-state index in [1.54, 1.807) is 15.6 Å². The number of carbonyl (C=O) groups is 1. The molecule has 7 heteroatoms. The molecule has 5 nitrogen and oxygen atoms in total. The Morgan fingerprint density at radius 1 is 1.07 bits per heavy atom. The highest BCUT2D eigenvalue weighted by Gasteiger charge is 2.32. The van der Waals surface area contributed by atoms with E-state index >= 15 is 0 Å². The van der Waals surface area contributed by atoms with Crippen LogP contribution in [-0.2, 0) is 10.5 Å². The Hall–Kier alpha value is -2.64. The molecule has 1 amide bonds. The summed E-state index contributed by atoms with van der Waals surface area (Å²) in [5.41, 5.74) is 3.74. The van der Waals surface area contributed by atoms with Crippen LogP contribution in [0.4, 0.5) is 4.39 Å². The number of aromatic nitrogens is 2. The molecular formula is C21H18FN3O2S. The largest absolute Gasteiger partial charge is 0.378 e. The number of carbonyl (C=O) groups excluding carboxylic acids is 1. The average molecular weight is 395 g/mol. The van der Waals surface area contributed by atoms with Crippen molar-refractivity contribution in [3.05, 3.63) is 65.6 Å². The van der Waals surface area contributed by atoms with Gasteiger partial charge in [-0.1, -0.05) is 30.3 Å². The maximum absolute atomic E-state index is 14.4. The van der Waals surface area contributed by atoms with Crippen LogP contribution in [0.25, 0.3) is 16.9 Å². The summed E-state index contributed by atoms with van der Waals surface area (Å²) in [7, 11) is 0. The quantitative estimate of drug-likeness (QED) is 0.663. The summed E-state index contributed by atoms with van der Waals surface area (Å²) < 4.78 is 21.6. The van der Waals surface area contributed by atoms with E-state index in [-0.39, 0.29) is 11.7 Å².